The van der Waals surface area contributed by atoms with Crippen LogP contribution in [0.1, 0.15) is 25.0 Å². The summed E-state index contributed by atoms with van der Waals surface area (Å²) in [5, 5.41) is 5.66. The molecule has 0 heterocycles. The van der Waals surface area contributed by atoms with Crippen LogP contribution < -0.4 is 10.6 Å². The third-order valence-electron chi connectivity index (χ3n) is 3.88. The Morgan fingerprint density at radius 3 is 2.19 bits per heavy atom. The standard InChI is InChI=1S/C19H20ClF3N2O/c1-11(2)17(18(26)24-14-7-4-12(3)5-8-14)25-16-9-6-13(10-15(16)20)19(21,22)23/h4-11,17,25H,1-3H3,(H,24,26)/t17-/m0/s1. The molecule has 1 amide bonds. The Labute approximate surface area is 155 Å². The molecule has 0 aromatic heterocycles. The normalized spacial score (nSPS) is 12.8. The van der Waals surface area contributed by atoms with Gasteiger partial charge in [-0.2, -0.15) is 13.2 Å². The van der Waals surface area contributed by atoms with Gasteiger partial charge in [0.25, 0.3) is 0 Å². The largest absolute Gasteiger partial charge is 0.416 e. The van der Waals surface area contributed by atoms with Crippen LogP contribution in [-0.2, 0) is 11.0 Å². The molecule has 0 unspecified atom stereocenters. The minimum Gasteiger partial charge on any atom is -0.372 e. The summed E-state index contributed by atoms with van der Waals surface area (Å²) in [5.41, 5.74) is 1.15. The van der Waals surface area contributed by atoms with Gasteiger partial charge in [-0.1, -0.05) is 43.1 Å². The molecule has 7 heteroatoms. The van der Waals surface area contributed by atoms with Gasteiger partial charge < -0.3 is 10.6 Å². The van der Waals surface area contributed by atoms with Crippen LogP contribution in [0.5, 0.6) is 0 Å². The van der Waals surface area contributed by atoms with Gasteiger partial charge in [0.2, 0.25) is 5.91 Å². The number of nitrogens with one attached hydrogen (secondary N) is 2. The summed E-state index contributed by atoms with van der Waals surface area (Å²) < 4.78 is 38.2. The van der Waals surface area contributed by atoms with Gasteiger partial charge in [0, 0.05) is 5.69 Å². The van der Waals surface area contributed by atoms with Gasteiger partial charge in [-0.05, 0) is 43.2 Å². The molecule has 0 saturated carbocycles. The minimum atomic E-state index is -4.47. The van der Waals surface area contributed by atoms with E-state index in [2.05, 4.69) is 10.6 Å². The van der Waals surface area contributed by atoms with Gasteiger partial charge in [-0.25, -0.2) is 0 Å². The fourth-order valence-electron chi connectivity index (χ4n) is 2.37. The van der Waals surface area contributed by atoms with Crippen LogP contribution in [0.15, 0.2) is 42.5 Å². The fourth-order valence-corrected chi connectivity index (χ4v) is 2.60. The number of halogens is 4. The van der Waals surface area contributed by atoms with E-state index < -0.39 is 17.8 Å². The quantitative estimate of drug-likeness (QED) is 0.689. The molecule has 2 rings (SSSR count). The number of aryl methyl sites for hydroxylation is 1. The number of rotatable bonds is 5. The number of carbonyl (C=O) groups excluding carboxylic acids is 1. The van der Waals surface area contributed by atoms with Crippen molar-refractivity contribution in [2.24, 2.45) is 5.92 Å². The Bertz CT molecular complexity index is 773. The van der Waals surface area contributed by atoms with E-state index in [0.29, 0.717) is 5.69 Å². The number of hydrogen-bond donors (Lipinski definition) is 2. The molecule has 0 aliphatic heterocycles. The van der Waals surface area contributed by atoms with E-state index in [1.807, 2.05) is 32.9 Å². The van der Waals surface area contributed by atoms with E-state index in [1.54, 1.807) is 12.1 Å². The maximum Gasteiger partial charge on any atom is 0.416 e. The van der Waals surface area contributed by atoms with E-state index in [4.69, 9.17) is 11.6 Å². The third kappa shape index (κ3) is 5.14. The summed E-state index contributed by atoms with van der Waals surface area (Å²) in [6.07, 6.45) is -4.47. The summed E-state index contributed by atoms with van der Waals surface area (Å²) in [6.45, 7) is 5.62. The maximum atomic E-state index is 12.7. The molecule has 2 aromatic carbocycles. The molecule has 0 radical (unpaired) electrons. The number of alkyl halides is 3. The van der Waals surface area contributed by atoms with Gasteiger partial charge in [-0.3, -0.25) is 4.79 Å². The van der Waals surface area contributed by atoms with Crippen LogP contribution in [0.25, 0.3) is 0 Å². The van der Waals surface area contributed by atoms with E-state index in [0.717, 1.165) is 17.7 Å². The van der Waals surface area contributed by atoms with Crippen molar-refractivity contribution in [3.63, 3.8) is 0 Å². The lowest BCUT2D eigenvalue weighted by Crippen LogP contribution is -2.39. The Morgan fingerprint density at radius 2 is 1.69 bits per heavy atom. The summed E-state index contributed by atoms with van der Waals surface area (Å²) in [7, 11) is 0. The number of benzene rings is 2. The zero-order valence-electron chi connectivity index (χ0n) is 14.6. The monoisotopic (exact) mass is 384 g/mol. The Hall–Kier alpha value is -2.21. The molecule has 0 saturated heterocycles. The van der Waals surface area contributed by atoms with Crippen molar-refractivity contribution in [3.05, 3.63) is 58.6 Å². The lowest BCUT2D eigenvalue weighted by atomic mass is 10.0. The highest BCUT2D eigenvalue weighted by Crippen LogP contribution is 2.34. The smallest absolute Gasteiger partial charge is 0.372 e. The minimum absolute atomic E-state index is 0.0892. The first kappa shape index (κ1) is 20.1. The number of hydrogen-bond acceptors (Lipinski definition) is 2. The molecule has 0 aliphatic carbocycles. The highest BCUT2D eigenvalue weighted by molar-refractivity contribution is 6.33. The van der Waals surface area contributed by atoms with Crippen LogP contribution in [-0.4, -0.2) is 11.9 Å². The molecule has 1 atom stereocenters. The summed E-state index contributed by atoms with van der Waals surface area (Å²) in [6, 6.07) is 9.68. The van der Waals surface area contributed by atoms with E-state index in [9.17, 15) is 18.0 Å². The van der Waals surface area contributed by atoms with Crippen molar-refractivity contribution in [2.75, 3.05) is 10.6 Å². The predicted octanol–water partition coefficient (Wildman–Crippen LogP) is 5.74. The summed E-state index contributed by atoms with van der Waals surface area (Å²) in [5.74, 6) is -0.404. The van der Waals surface area contributed by atoms with Crippen LogP contribution in [0.2, 0.25) is 5.02 Å². The van der Waals surface area contributed by atoms with Crippen LogP contribution in [0.3, 0.4) is 0 Å². The Morgan fingerprint density at radius 1 is 1.08 bits per heavy atom. The van der Waals surface area contributed by atoms with Crippen LogP contribution in [0, 0.1) is 12.8 Å². The van der Waals surface area contributed by atoms with Gasteiger partial charge >= 0.3 is 6.18 Å². The van der Waals surface area contributed by atoms with Gasteiger partial charge in [-0.15, -0.1) is 0 Å². The average molecular weight is 385 g/mol. The van der Waals surface area contributed by atoms with Gasteiger partial charge in [0.1, 0.15) is 6.04 Å². The molecule has 0 bridgehead atoms. The molecule has 0 aliphatic rings. The lowest BCUT2D eigenvalue weighted by Gasteiger charge is -2.23. The van der Waals surface area contributed by atoms with Gasteiger partial charge in [0.05, 0.1) is 16.3 Å². The summed E-state index contributed by atoms with van der Waals surface area (Å²) in [4.78, 5) is 12.6. The second-order valence-corrected chi connectivity index (χ2v) is 6.82. The van der Waals surface area contributed by atoms with Crippen molar-refractivity contribution >= 4 is 28.9 Å². The molecule has 2 N–H and O–H groups in total. The molecule has 140 valence electrons. The zero-order chi connectivity index (χ0) is 19.5. The van der Waals surface area contributed by atoms with Gasteiger partial charge in [0.15, 0.2) is 0 Å². The highest BCUT2D eigenvalue weighted by atomic mass is 35.5. The fraction of sp³-hybridized carbons (Fsp3) is 0.316. The van der Waals surface area contributed by atoms with Crippen molar-refractivity contribution in [1.82, 2.24) is 0 Å². The zero-order valence-corrected chi connectivity index (χ0v) is 15.4. The van der Waals surface area contributed by atoms with Crippen LogP contribution in [0.4, 0.5) is 24.5 Å². The molecule has 0 fully saturated rings. The SMILES string of the molecule is Cc1ccc(NC(=O)[C@@H](Nc2ccc(C(F)(F)F)cc2Cl)C(C)C)cc1. The third-order valence-corrected chi connectivity index (χ3v) is 4.19. The van der Waals surface area contributed by atoms with Crippen molar-refractivity contribution in [1.29, 1.82) is 0 Å². The first-order valence-corrected chi connectivity index (χ1v) is 8.46. The van der Waals surface area contributed by atoms with Crippen molar-refractivity contribution in [2.45, 2.75) is 33.0 Å². The molecule has 0 spiro atoms. The first-order chi connectivity index (χ1) is 12.1. The summed E-state index contributed by atoms with van der Waals surface area (Å²) >= 11 is 5.97. The van der Waals surface area contributed by atoms with E-state index in [-0.39, 0.29) is 22.5 Å². The molecular weight excluding hydrogens is 365 g/mol. The number of anilines is 2. The van der Waals surface area contributed by atoms with Crippen molar-refractivity contribution < 1.29 is 18.0 Å². The highest BCUT2D eigenvalue weighted by Gasteiger charge is 2.31. The second kappa shape index (κ2) is 7.99. The van der Waals surface area contributed by atoms with Crippen LogP contribution >= 0.6 is 11.6 Å². The Kier molecular flexibility index (Phi) is 6.18. The average Bonchev–Trinajstić information content (AvgIpc) is 2.54. The maximum absolute atomic E-state index is 12.7. The van der Waals surface area contributed by atoms with E-state index >= 15 is 0 Å². The molecule has 3 nitrogen and oxygen atoms in total. The molecule has 2 aromatic rings. The predicted molar refractivity (Wildman–Crippen MR) is 98.5 cm³/mol. The lowest BCUT2D eigenvalue weighted by molar-refractivity contribution is -0.137. The van der Waals surface area contributed by atoms with Crippen molar-refractivity contribution in [3.8, 4) is 0 Å². The topological polar surface area (TPSA) is 41.1 Å². The first-order valence-electron chi connectivity index (χ1n) is 8.08. The van der Waals surface area contributed by atoms with E-state index in [1.165, 1.54) is 6.07 Å². The number of carbonyl (C=O) groups is 1. The molecule has 26 heavy (non-hydrogen) atoms. The Balaban J connectivity index is 2.17. The number of amides is 1. The molecular formula is C19H20ClF3N2O. The second-order valence-electron chi connectivity index (χ2n) is 6.41.